The third kappa shape index (κ3) is 3.70. The van der Waals surface area contributed by atoms with Crippen molar-refractivity contribution in [2.45, 2.75) is 37.4 Å². The van der Waals surface area contributed by atoms with Crippen LogP contribution < -0.4 is 0 Å². The molecule has 1 spiro atoms. The van der Waals surface area contributed by atoms with Gasteiger partial charge in [-0.15, -0.1) is 0 Å². The minimum absolute atomic E-state index is 0.0780. The van der Waals surface area contributed by atoms with Gasteiger partial charge in [0.15, 0.2) is 0 Å². The monoisotopic (exact) mass is 418 g/mol. The molecule has 2 aliphatic rings. The summed E-state index contributed by atoms with van der Waals surface area (Å²) in [6.07, 6.45) is 3.27. The van der Waals surface area contributed by atoms with Gasteiger partial charge in [0.25, 0.3) is 0 Å². The zero-order chi connectivity index (χ0) is 14.9. The van der Waals surface area contributed by atoms with E-state index >= 15 is 0 Å². The van der Waals surface area contributed by atoms with Crippen LogP contribution in [0.25, 0.3) is 0 Å². The topological polar surface area (TPSA) is 38.7 Å². The Morgan fingerprint density at radius 3 is 2.43 bits per heavy atom. The van der Waals surface area contributed by atoms with Crippen LogP contribution in [0.5, 0.6) is 0 Å². The van der Waals surface area contributed by atoms with Gasteiger partial charge in [-0.3, -0.25) is 0 Å². The highest BCUT2D eigenvalue weighted by molar-refractivity contribution is 9.11. The first-order valence-corrected chi connectivity index (χ1v) is 9.02. The molecule has 0 saturated carbocycles. The molecule has 5 heteroatoms. The first kappa shape index (κ1) is 15.9. The maximum Gasteiger partial charge on any atom is 0.0820 e. The van der Waals surface area contributed by atoms with Gasteiger partial charge in [-0.25, -0.2) is 0 Å². The third-order valence-electron chi connectivity index (χ3n) is 4.61. The highest BCUT2D eigenvalue weighted by Crippen LogP contribution is 2.42. The van der Waals surface area contributed by atoms with Gasteiger partial charge >= 0.3 is 0 Å². The molecule has 2 aliphatic heterocycles. The lowest BCUT2D eigenvalue weighted by atomic mass is 9.77. The van der Waals surface area contributed by atoms with E-state index in [-0.39, 0.29) is 11.5 Å². The Balaban J connectivity index is 1.76. The molecule has 1 aromatic rings. The van der Waals surface area contributed by atoms with Crippen LogP contribution in [-0.2, 0) is 9.47 Å². The van der Waals surface area contributed by atoms with Gasteiger partial charge in [0.05, 0.1) is 11.7 Å². The van der Waals surface area contributed by atoms with Crippen molar-refractivity contribution in [1.82, 2.24) is 0 Å². The number of halogens is 2. The first-order chi connectivity index (χ1) is 10.1. The standard InChI is InChI=1S/C16H20Br2O3/c17-13-7-12(8-14(18)9-13)15(19)11-1-4-21-16(10-11)2-5-20-6-3-16/h7-9,11,15,19H,1-6,10H2. The van der Waals surface area contributed by atoms with Gasteiger partial charge in [-0.1, -0.05) is 31.9 Å². The van der Waals surface area contributed by atoms with Crippen molar-refractivity contribution >= 4 is 31.9 Å². The average Bonchev–Trinajstić information content (AvgIpc) is 2.46. The van der Waals surface area contributed by atoms with Crippen LogP contribution in [0.4, 0.5) is 0 Å². The molecule has 0 amide bonds. The predicted octanol–water partition coefficient (Wildman–Crippen LogP) is 4.22. The fraction of sp³-hybridized carbons (Fsp3) is 0.625. The Morgan fingerprint density at radius 2 is 1.76 bits per heavy atom. The normalized spacial score (nSPS) is 26.7. The van der Waals surface area contributed by atoms with E-state index in [1.807, 2.05) is 18.2 Å². The van der Waals surface area contributed by atoms with Crippen molar-refractivity contribution in [2.24, 2.45) is 5.92 Å². The van der Waals surface area contributed by atoms with Crippen LogP contribution in [0.1, 0.15) is 37.4 Å². The highest BCUT2D eigenvalue weighted by atomic mass is 79.9. The number of ether oxygens (including phenoxy) is 2. The Kier molecular flexibility index (Phi) is 5.06. The van der Waals surface area contributed by atoms with Crippen LogP contribution in [-0.4, -0.2) is 30.5 Å². The zero-order valence-electron chi connectivity index (χ0n) is 11.9. The fourth-order valence-electron chi connectivity index (χ4n) is 3.45. The second-order valence-electron chi connectivity index (χ2n) is 6.04. The van der Waals surface area contributed by atoms with E-state index in [2.05, 4.69) is 31.9 Å². The summed E-state index contributed by atoms with van der Waals surface area (Å²) in [5.41, 5.74) is 0.885. The van der Waals surface area contributed by atoms with E-state index in [9.17, 15) is 5.11 Å². The summed E-state index contributed by atoms with van der Waals surface area (Å²) in [5.74, 6) is 0.248. The minimum atomic E-state index is -0.442. The second-order valence-corrected chi connectivity index (χ2v) is 7.88. The Morgan fingerprint density at radius 1 is 1.10 bits per heavy atom. The summed E-state index contributed by atoms with van der Waals surface area (Å²) in [7, 11) is 0. The number of aliphatic hydroxyl groups is 1. The molecule has 0 bridgehead atoms. The number of benzene rings is 1. The summed E-state index contributed by atoms with van der Waals surface area (Å²) >= 11 is 6.99. The lowest BCUT2D eigenvalue weighted by Crippen LogP contribution is -2.45. The van der Waals surface area contributed by atoms with E-state index in [4.69, 9.17) is 9.47 Å². The molecule has 1 aromatic carbocycles. The van der Waals surface area contributed by atoms with Gasteiger partial charge in [0.1, 0.15) is 0 Å². The fourth-order valence-corrected chi connectivity index (χ4v) is 4.77. The molecule has 3 nitrogen and oxygen atoms in total. The number of aliphatic hydroxyl groups excluding tert-OH is 1. The lowest BCUT2D eigenvalue weighted by molar-refractivity contribution is -0.159. The van der Waals surface area contributed by atoms with Crippen LogP contribution >= 0.6 is 31.9 Å². The van der Waals surface area contributed by atoms with E-state index in [1.165, 1.54) is 0 Å². The van der Waals surface area contributed by atoms with Crippen LogP contribution in [0.2, 0.25) is 0 Å². The molecule has 2 fully saturated rings. The minimum Gasteiger partial charge on any atom is -0.388 e. The second kappa shape index (κ2) is 6.67. The molecule has 0 aromatic heterocycles. The van der Waals surface area contributed by atoms with Crippen LogP contribution in [0.15, 0.2) is 27.1 Å². The Hall–Kier alpha value is 0.0600. The first-order valence-electron chi connectivity index (χ1n) is 7.44. The molecule has 2 heterocycles. The third-order valence-corrected chi connectivity index (χ3v) is 5.52. The molecule has 21 heavy (non-hydrogen) atoms. The number of hydrogen-bond donors (Lipinski definition) is 1. The largest absolute Gasteiger partial charge is 0.388 e. The summed E-state index contributed by atoms with van der Waals surface area (Å²) in [6.45, 7) is 2.27. The van der Waals surface area contributed by atoms with Crippen molar-refractivity contribution in [1.29, 1.82) is 0 Å². The van der Waals surface area contributed by atoms with Crippen molar-refractivity contribution in [3.8, 4) is 0 Å². The molecule has 2 saturated heterocycles. The maximum atomic E-state index is 10.8. The molecular formula is C16H20Br2O3. The van der Waals surface area contributed by atoms with Crippen molar-refractivity contribution in [3.63, 3.8) is 0 Å². The molecular weight excluding hydrogens is 400 g/mol. The van der Waals surface area contributed by atoms with Gasteiger partial charge in [-0.05, 0) is 55.4 Å². The highest BCUT2D eigenvalue weighted by Gasteiger charge is 2.41. The average molecular weight is 420 g/mol. The molecule has 116 valence electrons. The SMILES string of the molecule is OC(c1cc(Br)cc(Br)c1)C1CCOC2(CCOCC2)C1. The van der Waals surface area contributed by atoms with Gasteiger partial charge in [-0.2, -0.15) is 0 Å². The predicted molar refractivity (Wildman–Crippen MR) is 88.3 cm³/mol. The van der Waals surface area contributed by atoms with Crippen LogP contribution in [0.3, 0.4) is 0 Å². The quantitative estimate of drug-likeness (QED) is 0.779. The van der Waals surface area contributed by atoms with E-state index in [0.717, 1.165) is 60.0 Å². The lowest BCUT2D eigenvalue weighted by Gasteiger charge is -2.44. The van der Waals surface area contributed by atoms with E-state index in [0.29, 0.717) is 0 Å². The van der Waals surface area contributed by atoms with Crippen molar-refractivity contribution in [3.05, 3.63) is 32.7 Å². The zero-order valence-corrected chi connectivity index (χ0v) is 15.0. The van der Waals surface area contributed by atoms with Crippen LogP contribution in [0, 0.1) is 5.92 Å². The van der Waals surface area contributed by atoms with Gasteiger partial charge < -0.3 is 14.6 Å². The molecule has 2 atom stereocenters. The Bertz CT molecular complexity index is 475. The summed E-state index contributed by atoms with van der Waals surface area (Å²) in [4.78, 5) is 0. The van der Waals surface area contributed by atoms with E-state index in [1.54, 1.807) is 0 Å². The molecule has 0 aliphatic carbocycles. The molecule has 2 unspecified atom stereocenters. The molecule has 1 N–H and O–H groups in total. The van der Waals surface area contributed by atoms with E-state index < -0.39 is 6.10 Å². The molecule has 0 radical (unpaired) electrons. The summed E-state index contributed by atoms with van der Waals surface area (Å²) in [6, 6.07) is 5.99. The number of rotatable bonds is 2. The van der Waals surface area contributed by atoms with Crippen molar-refractivity contribution < 1.29 is 14.6 Å². The number of hydrogen-bond acceptors (Lipinski definition) is 3. The Labute approximate surface area is 142 Å². The van der Waals surface area contributed by atoms with Gasteiger partial charge in [0, 0.05) is 28.8 Å². The van der Waals surface area contributed by atoms with Gasteiger partial charge in [0.2, 0.25) is 0 Å². The molecule has 3 rings (SSSR count). The smallest absolute Gasteiger partial charge is 0.0820 e. The summed E-state index contributed by atoms with van der Waals surface area (Å²) in [5, 5.41) is 10.8. The summed E-state index contributed by atoms with van der Waals surface area (Å²) < 4.78 is 13.5. The maximum absolute atomic E-state index is 10.8. The van der Waals surface area contributed by atoms with Crippen molar-refractivity contribution in [2.75, 3.05) is 19.8 Å².